The van der Waals surface area contributed by atoms with Crippen LogP contribution in [-0.2, 0) is 10.3 Å². The molecule has 4 nitrogen and oxygen atoms in total. The summed E-state index contributed by atoms with van der Waals surface area (Å²) in [6.45, 7) is 1.91. The number of isocyanates is 1. The van der Waals surface area contributed by atoms with Crippen LogP contribution in [0.3, 0.4) is 0 Å². The first-order valence-electron chi connectivity index (χ1n) is 5.11. The maximum Gasteiger partial charge on any atom is 0.235 e. The van der Waals surface area contributed by atoms with Gasteiger partial charge in [-0.25, -0.2) is 4.79 Å². The number of carbonyl (C=O) groups excluding carboxylic acids is 1. The molecule has 0 aromatic heterocycles. The zero-order valence-electron chi connectivity index (χ0n) is 9.28. The van der Waals surface area contributed by atoms with Crippen molar-refractivity contribution in [3.63, 3.8) is 0 Å². The molecule has 1 aliphatic carbocycles. The van der Waals surface area contributed by atoms with Crippen molar-refractivity contribution < 1.29 is 14.6 Å². The third-order valence-electron chi connectivity index (χ3n) is 3.00. The lowest BCUT2D eigenvalue weighted by molar-refractivity contribution is 0.364. The van der Waals surface area contributed by atoms with E-state index in [1.54, 1.807) is 18.2 Å². The van der Waals surface area contributed by atoms with Gasteiger partial charge in [0, 0.05) is 5.56 Å². The van der Waals surface area contributed by atoms with Crippen molar-refractivity contribution in [2.75, 3.05) is 7.11 Å². The lowest BCUT2D eigenvalue weighted by Crippen LogP contribution is -2.07. The van der Waals surface area contributed by atoms with Gasteiger partial charge in [-0.3, -0.25) is 0 Å². The van der Waals surface area contributed by atoms with Crippen LogP contribution in [-0.4, -0.2) is 18.3 Å². The topological polar surface area (TPSA) is 58.9 Å². The molecule has 1 saturated carbocycles. The van der Waals surface area contributed by atoms with Gasteiger partial charge in [-0.05, 0) is 31.4 Å². The van der Waals surface area contributed by atoms with Crippen molar-refractivity contribution in [3.8, 4) is 11.5 Å². The van der Waals surface area contributed by atoms with Crippen molar-refractivity contribution in [3.05, 3.63) is 23.3 Å². The fourth-order valence-corrected chi connectivity index (χ4v) is 2.08. The fourth-order valence-electron chi connectivity index (χ4n) is 2.08. The Hall–Kier alpha value is -1.80. The highest BCUT2D eigenvalue weighted by atomic mass is 16.5. The molecule has 4 heteroatoms. The summed E-state index contributed by atoms with van der Waals surface area (Å²) in [6, 6.07) is 3.38. The lowest BCUT2D eigenvalue weighted by Gasteiger charge is -2.17. The number of hydrogen-bond acceptors (Lipinski definition) is 4. The SMILES string of the molecule is COc1c(O)ccc(C)c1C1(N=C=O)CC1. The molecule has 0 aliphatic heterocycles. The molecule has 0 saturated heterocycles. The molecule has 0 atom stereocenters. The minimum Gasteiger partial charge on any atom is -0.504 e. The Bertz CT molecular complexity index is 471. The summed E-state index contributed by atoms with van der Waals surface area (Å²) < 4.78 is 5.19. The fraction of sp³-hybridized carbons (Fsp3) is 0.417. The van der Waals surface area contributed by atoms with E-state index in [0.29, 0.717) is 5.75 Å². The van der Waals surface area contributed by atoms with Crippen molar-refractivity contribution in [2.45, 2.75) is 25.3 Å². The number of aryl methyl sites for hydroxylation is 1. The highest BCUT2D eigenvalue weighted by Crippen LogP contribution is 2.55. The summed E-state index contributed by atoms with van der Waals surface area (Å²) in [5.41, 5.74) is 1.25. The third kappa shape index (κ3) is 1.48. The largest absolute Gasteiger partial charge is 0.504 e. The van der Waals surface area contributed by atoms with Gasteiger partial charge in [0.25, 0.3) is 0 Å². The van der Waals surface area contributed by atoms with Gasteiger partial charge >= 0.3 is 0 Å². The first-order valence-corrected chi connectivity index (χ1v) is 5.11. The number of benzene rings is 1. The molecular formula is C12H13NO3. The second-order valence-corrected chi connectivity index (χ2v) is 4.04. The van der Waals surface area contributed by atoms with Crippen LogP contribution >= 0.6 is 0 Å². The number of rotatable bonds is 3. The van der Waals surface area contributed by atoms with Gasteiger partial charge in [0.1, 0.15) is 5.54 Å². The van der Waals surface area contributed by atoms with Crippen molar-refractivity contribution in [1.29, 1.82) is 0 Å². The number of hydrogen-bond donors (Lipinski definition) is 1. The van der Waals surface area contributed by atoms with Gasteiger partial charge < -0.3 is 9.84 Å². The van der Waals surface area contributed by atoms with E-state index < -0.39 is 5.54 Å². The standard InChI is InChI=1S/C12H13NO3/c1-8-3-4-9(15)11(16-2)10(8)12(5-6-12)13-7-14/h3-4,15H,5-6H2,1-2H3. The van der Waals surface area contributed by atoms with Gasteiger partial charge in [0.15, 0.2) is 11.5 Å². The van der Waals surface area contributed by atoms with Gasteiger partial charge in [-0.1, -0.05) is 6.07 Å². The maximum absolute atomic E-state index is 10.4. The highest BCUT2D eigenvalue weighted by Gasteiger charge is 2.48. The molecule has 0 unspecified atom stereocenters. The predicted molar refractivity (Wildman–Crippen MR) is 58.4 cm³/mol. The van der Waals surface area contributed by atoms with Gasteiger partial charge in [-0.2, -0.15) is 4.99 Å². The van der Waals surface area contributed by atoms with E-state index >= 15 is 0 Å². The zero-order valence-corrected chi connectivity index (χ0v) is 9.28. The Morgan fingerprint density at radius 2 is 2.19 bits per heavy atom. The number of nitrogens with zero attached hydrogens (tertiary/aromatic N) is 1. The van der Waals surface area contributed by atoms with Crippen LogP contribution in [0.5, 0.6) is 11.5 Å². The molecule has 0 radical (unpaired) electrons. The second-order valence-electron chi connectivity index (χ2n) is 4.04. The van der Waals surface area contributed by atoms with Crippen LogP contribution in [0.1, 0.15) is 24.0 Å². The zero-order chi connectivity index (χ0) is 11.8. The number of phenolic OH excluding ortho intramolecular Hbond substituents is 1. The number of aliphatic imine (C=N–C) groups is 1. The smallest absolute Gasteiger partial charge is 0.235 e. The van der Waals surface area contributed by atoms with Crippen molar-refractivity contribution >= 4 is 6.08 Å². The van der Waals surface area contributed by atoms with Crippen LogP contribution < -0.4 is 4.74 Å². The molecule has 1 fully saturated rings. The highest BCUT2D eigenvalue weighted by molar-refractivity contribution is 5.56. The van der Waals surface area contributed by atoms with E-state index in [9.17, 15) is 9.90 Å². The Morgan fingerprint density at radius 1 is 1.50 bits per heavy atom. The Morgan fingerprint density at radius 3 is 2.69 bits per heavy atom. The minimum absolute atomic E-state index is 0.0791. The van der Waals surface area contributed by atoms with Crippen LogP contribution in [0.25, 0.3) is 0 Å². The van der Waals surface area contributed by atoms with E-state index in [2.05, 4.69) is 4.99 Å². The average molecular weight is 219 g/mol. The molecule has 84 valence electrons. The first-order chi connectivity index (χ1) is 7.64. The van der Waals surface area contributed by atoms with Crippen molar-refractivity contribution in [2.24, 2.45) is 4.99 Å². The minimum atomic E-state index is -0.518. The lowest BCUT2D eigenvalue weighted by atomic mass is 9.98. The van der Waals surface area contributed by atoms with E-state index in [1.165, 1.54) is 7.11 Å². The first kappa shape index (κ1) is 10.7. The molecular weight excluding hydrogens is 206 g/mol. The molecule has 1 aromatic rings. The molecule has 2 rings (SSSR count). The average Bonchev–Trinajstić information content (AvgIpc) is 3.02. The Labute approximate surface area is 93.6 Å². The molecule has 1 N–H and O–H groups in total. The monoisotopic (exact) mass is 219 g/mol. The summed E-state index contributed by atoms with van der Waals surface area (Å²) in [7, 11) is 1.50. The molecule has 16 heavy (non-hydrogen) atoms. The van der Waals surface area contributed by atoms with Crippen LogP contribution in [0.15, 0.2) is 17.1 Å². The molecule has 0 heterocycles. The van der Waals surface area contributed by atoms with E-state index in [0.717, 1.165) is 24.0 Å². The summed E-state index contributed by atoms with van der Waals surface area (Å²) in [6.07, 6.45) is 3.19. The van der Waals surface area contributed by atoms with Gasteiger partial charge in [-0.15, -0.1) is 0 Å². The van der Waals surface area contributed by atoms with Crippen molar-refractivity contribution in [1.82, 2.24) is 0 Å². The van der Waals surface area contributed by atoms with Crippen LogP contribution in [0.4, 0.5) is 0 Å². The van der Waals surface area contributed by atoms with Crippen LogP contribution in [0, 0.1) is 6.92 Å². The number of phenols is 1. The van der Waals surface area contributed by atoms with Gasteiger partial charge in [0.2, 0.25) is 6.08 Å². The number of ether oxygens (including phenoxy) is 1. The molecule has 0 bridgehead atoms. The summed E-state index contributed by atoms with van der Waals surface area (Å²) >= 11 is 0. The number of methoxy groups -OCH3 is 1. The van der Waals surface area contributed by atoms with E-state index in [4.69, 9.17) is 4.74 Å². The Balaban J connectivity index is 2.63. The molecule has 1 aromatic carbocycles. The second kappa shape index (κ2) is 3.65. The van der Waals surface area contributed by atoms with E-state index in [1.807, 2.05) is 6.92 Å². The molecule has 0 amide bonds. The summed E-state index contributed by atoms with van der Waals surface area (Å²) in [5, 5.41) is 9.71. The maximum atomic E-state index is 10.4. The molecule has 0 spiro atoms. The molecule has 1 aliphatic rings. The van der Waals surface area contributed by atoms with E-state index in [-0.39, 0.29) is 5.75 Å². The van der Waals surface area contributed by atoms with Crippen LogP contribution in [0.2, 0.25) is 0 Å². The van der Waals surface area contributed by atoms with Gasteiger partial charge in [0.05, 0.1) is 7.11 Å². The quantitative estimate of drug-likeness (QED) is 0.625. The summed E-state index contributed by atoms with van der Waals surface area (Å²) in [5.74, 6) is 0.493. The predicted octanol–water partition coefficient (Wildman–Crippen LogP) is 2.03. The third-order valence-corrected chi connectivity index (χ3v) is 3.00. The summed E-state index contributed by atoms with van der Waals surface area (Å²) in [4.78, 5) is 14.3. The Kier molecular flexibility index (Phi) is 2.44. The normalized spacial score (nSPS) is 16.4. The number of aromatic hydroxyl groups is 1.